The molecule has 28 heavy (non-hydrogen) atoms. The first-order valence-corrected chi connectivity index (χ1v) is 10.0. The molecule has 0 bridgehead atoms. The summed E-state index contributed by atoms with van der Waals surface area (Å²) in [7, 11) is 0. The molecule has 1 aliphatic rings. The van der Waals surface area contributed by atoms with Crippen molar-refractivity contribution in [3.05, 3.63) is 54.1 Å². The van der Waals surface area contributed by atoms with Gasteiger partial charge in [0, 0.05) is 23.6 Å². The number of anilines is 1. The lowest BCUT2D eigenvalue weighted by molar-refractivity contribution is -0.118. The minimum atomic E-state index is 0.163. The number of rotatable bonds is 4. The number of carbonyl (C=O) groups is 1. The number of para-hydroxylation sites is 1. The van der Waals surface area contributed by atoms with Gasteiger partial charge in [0.25, 0.3) is 0 Å². The van der Waals surface area contributed by atoms with E-state index >= 15 is 0 Å². The molecule has 3 aromatic rings. The quantitative estimate of drug-likeness (QED) is 0.628. The van der Waals surface area contributed by atoms with Crippen LogP contribution in [0.4, 0.5) is 5.69 Å². The Labute approximate surface area is 166 Å². The summed E-state index contributed by atoms with van der Waals surface area (Å²) in [5.41, 5.74) is 5.95. The van der Waals surface area contributed by atoms with E-state index < -0.39 is 0 Å². The molecule has 1 aliphatic heterocycles. The number of hydrogen-bond acceptors (Lipinski definition) is 3. The smallest absolute Gasteiger partial charge is 0.227 e. The van der Waals surface area contributed by atoms with E-state index in [-0.39, 0.29) is 11.9 Å². The van der Waals surface area contributed by atoms with Gasteiger partial charge in [0.1, 0.15) is 5.69 Å². The Morgan fingerprint density at radius 1 is 1.07 bits per heavy atom. The van der Waals surface area contributed by atoms with Crippen LogP contribution in [0.3, 0.4) is 0 Å². The second-order valence-electron chi connectivity index (χ2n) is 7.58. The van der Waals surface area contributed by atoms with Crippen LogP contribution in [0, 0.1) is 0 Å². The summed E-state index contributed by atoms with van der Waals surface area (Å²) in [5, 5.41) is 9.01. The molecule has 144 valence electrons. The van der Waals surface area contributed by atoms with Crippen molar-refractivity contribution in [1.29, 1.82) is 0 Å². The summed E-state index contributed by atoms with van der Waals surface area (Å²) in [6.07, 6.45) is 2.46. The number of nitrogens with zero attached hydrogens (tertiary/aromatic N) is 4. The van der Waals surface area contributed by atoms with Crippen molar-refractivity contribution in [2.24, 2.45) is 0 Å². The second kappa shape index (κ2) is 7.58. The Balaban J connectivity index is 1.98. The highest BCUT2D eigenvalue weighted by atomic mass is 16.2. The zero-order valence-electron chi connectivity index (χ0n) is 16.7. The second-order valence-corrected chi connectivity index (χ2v) is 7.58. The van der Waals surface area contributed by atoms with Gasteiger partial charge in [-0.25, -0.2) is 4.68 Å². The highest BCUT2D eigenvalue weighted by molar-refractivity contribution is 6.00. The van der Waals surface area contributed by atoms with E-state index in [2.05, 4.69) is 49.3 Å². The van der Waals surface area contributed by atoms with Gasteiger partial charge < -0.3 is 4.90 Å². The van der Waals surface area contributed by atoms with Gasteiger partial charge >= 0.3 is 0 Å². The summed E-state index contributed by atoms with van der Waals surface area (Å²) in [6.45, 7) is 6.87. The molecule has 2 heterocycles. The van der Waals surface area contributed by atoms with Crippen LogP contribution < -0.4 is 4.90 Å². The fourth-order valence-electron chi connectivity index (χ4n) is 3.83. The lowest BCUT2D eigenvalue weighted by Gasteiger charge is -2.29. The standard InChI is InChI=1S/C23H26N4O/c1-4-5-14-21(28)26-15-17-10-6-7-11-18(17)22-23(27(16(2)3)25-24-22)19-12-8-9-13-20(19)26/h6-13,16H,4-5,14-15H2,1-3H3. The summed E-state index contributed by atoms with van der Waals surface area (Å²) in [5.74, 6) is 0.163. The molecule has 1 aromatic heterocycles. The molecule has 2 aromatic carbocycles. The van der Waals surface area contributed by atoms with Gasteiger partial charge in [0.2, 0.25) is 5.91 Å². The van der Waals surface area contributed by atoms with Crippen molar-refractivity contribution in [2.45, 2.75) is 52.6 Å². The molecule has 0 N–H and O–H groups in total. The molecular formula is C23H26N4O. The predicted molar refractivity (Wildman–Crippen MR) is 112 cm³/mol. The van der Waals surface area contributed by atoms with Crippen LogP contribution in [0.2, 0.25) is 0 Å². The first kappa shape index (κ1) is 18.4. The van der Waals surface area contributed by atoms with E-state index in [1.807, 2.05) is 39.9 Å². The number of benzene rings is 2. The molecular weight excluding hydrogens is 348 g/mol. The molecule has 0 radical (unpaired) electrons. The number of aromatic nitrogens is 3. The topological polar surface area (TPSA) is 51.0 Å². The van der Waals surface area contributed by atoms with Gasteiger partial charge in [0.05, 0.1) is 17.9 Å². The molecule has 0 atom stereocenters. The maximum absolute atomic E-state index is 13.2. The van der Waals surface area contributed by atoms with E-state index in [9.17, 15) is 4.79 Å². The predicted octanol–water partition coefficient (Wildman–Crippen LogP) is 5.23. The Bertz CT molecular complexity index is 1010. The molecule has 0 fully saturated rings. The highest BCUT2D eigenvalue weighted by Crippen LogP contribution is 2.41. The summed E-state index contributed by atoms with van der Waals surface area (Å²) >= 11 is 0. The van der Waals surface area contributed by atoms with Crippen LogP contribution in [0.1, 0.15) is 51.6 Å². The largest absolute Gasteiger partial charge is 0.307 e. The number of carbonyl (C=O) groups excluding carboxylic acids is 1. The van der Waals surface area contributed by atoms with Crippen LogP contribution >= 0.6 is 0 Å². The van der Waals surface area contributed by atoms with Crippen LogP contribution in [0.25, 0.3) is 22.5 Å². The molecule has 0 spiro atoms. The third-order valence-corrected chi connectivity index (χ3v) is 5.28. The molecule has 0 saturated carbocycles. The number of amides is 1. The van der Waals surface area contributed by atoms with Crippen molar-refractivity contribution < 1.29 is 4.79 Å². The first-order valence-electron chi connectivity index (χ1n) is 10.0. The maximum Gasteiger partial charge on any atom is 0.227 e. The highest BCUT2D eigenvalue weighted by Gasteiger charge is 2.29. The maximum atomic E-state index is 13.2. The fourth-order valence-corrected chi connectivity index (χ4v) is 3.83. The normalized spacial score (nSPS) is 12.8. The van der Waals surface area contributed by atoms with E-state index in [0.29, 0.717) is 13.0 Å². The SMILES string of the molecule is CCCCC(=O)N1Cc2ccccc2-c2nnn(C(C)C)c2-c2ccccc21. The van der Waals surface area contributed by atoms with Crippen molar-refractivity contribution in [3.63, 3.8) is 0 Å². The average molecular weight is 374 g/mol. The fraction of sp³-hybridized carbons (Fsp3) is 0.348. The van der Waals surface area contributed by atoms with E-state index in [4.69, 9.17) is 0 Å². The molecule has 4 rings (SSSR count). The molecule has 5 heteroatoms. The van der Waals surface area contributed by atoms with Crippen molar-refractivity contribution in [2.75, 3.05) is 4.90 Å². The zero-order chi connectivity index (χ0) is 19.7. The lowest BCUT2D eigenvalue weighted by Crippen LogP contribution is -2.31. The van der Waals surface area contributed by atoms with E-state index in [1.54, 1.807) is 0 Å². The van der Waals surface area contributed by atoms with Gasteiger partial charge in [-0.1, -0.05) is 61.0 Å². The van der Waals surface area contributed by atoms with Crippen LogP contribution in [0.5, 0.6) is 0 Å². The van der Waals surface area contributed by atoms with Crippen molar-refractivity contribution in [3.8, 4) is 22.5 Å². The van der Waals surface area contributed by atoms with Crippen LogP contribution in [-0.4, -0.2) is 20.9 Å². The number of fused-ring (bicyclic) bond motifs is 5. The number of unbranched alkanes of at least 4 members (excludes halogenated alkanes) is 1. The average Bonchev–Trinajstić information content (AvgIpc) is 3.14. The minimum Gasteiger partial charge on any atom is -0.307 e. The third-order valence-electron chi connectivity index (χ3n) is 5.28. The van der Waals surface area contributed by atoms with E-state index in [1.165, 1.54) is 0 Å². The Kier molecular flexibility index (Phi) is 4.99. The molecule has 5 nitrogen and oxygen atoms in total. The zero-order valence-corrected chi connectivity index (χ0v) is 16.7. The first-order chi connectivity index (χ1) is 13.6. The van der Waals surface area contributed by atoms with Gasteiger partial charge in [-0.05, 0) is 31.9 Å². The van der Waals surface area contributed by atoms with Gasteiger partial charge in [-0.2, -0.15) is 0 Å². The Morgan fingerprint density at radius 2 is 1.79 bits per heavy atom. The van der Waals surface area contributed by atoms with E-state index in [0.717, 1.165) is 46.6 Å². The Morgan fingerprint density at radius 3 is 2.54 bits per heavy atom. The molecule has 0 saturated heterocycles. The van der Waals surface area contributed by atoms with Crippen LogP contribution in [-0.2, 0) is 11.3 Å². The van der Waals surface area contributed by atoms with Crippen molar-refractivity contribution >= 4 is 11.6 Å². The van der Waals surface area contributed by atoms with Gasteiger partial charge in [-0.3, -0.25) is 4.79 Å². The summed E-state index contributed by atoms with van der Waals surface area (Å²) in [6, 6.07) is 16.5. The van der Waals surface area contributed by atoms with Crippen molar-refractivity contribution in [1.82, 2.24) is 15.0 Å². The third kappa shape index (κ3) is 3.11. The molecule has 1 amide bonds. The summed E-state index contributed by atoms with van der Waals surface area (Å²) < 4.78 is 1.96. The molecule has 0 unspecified atom stereocenters. The minimum absolute atomic E-state index is 0.163. The van der Waals surface area contributed by atoms with Gasteiger partial charge in [-0.15, -0.1) is 5.10 Å². The van der Waals surface area contributed by atoms with Crippen LogP contribution in [0.15, 0.2) is 48.5 Å². The molecule has 0 aliphatic carbocycles. The number of hydrogen-bond donors (Lipinski definition) is 0. The summed E-state index contributed by atoms with van der Waals surface area (Å²) in [4.78, 5) is 15.1. The monoisotopic (exact) mass is 374 g/mol. The lowest BCUT2D eigenvalue weighted by atomic mass is 9.95. The van der Waals surface area contributed by atoms with Gasteiger partial charge in [0.15, 0.2) is 0 Å². The Hall–Kier alpha value is -2.95.